The van der Waals surface area contributed by atoms with E-state index in [1.807, 2.05) is 36.5 Å². The topological polar surface area (TPSA) is 49.0 Å². The van der Waals surface area contributed by atoms with Crippen LogP contribution in [0.4, 0.5) is 5.13 Å². The monoisotopic (exact) mass is 346 g/mol. The summed E-state index contributed by atoms with van der Waals surface area (Å²) in [7, 11) is 0. The van der Waals surface area contributed by atoms with Crippen LogP contribution in [0.2, 0.25) is 5.02 Å². The van der Waals surface area contributed by atoms with Crippen molar-refractivity contribution >= 4 is 28.1 Å². The number of halogens is 1. The van der Waals surface area contributed by atoms with Gasteiger partial charge in [0.05, 0.1) is 10.4 Å². The summed E-state index contributed by atoms with van der Waals surface area (Å²) in [5.41, 5.74) is 2.74. The highest BCUT2D eigenvalue weighted by atomic mass is 35.5. The van der Waals surface area contributed by atoms with Crippen LogP contribution in [-0.2, 0) is 0 Å². The maximum absolute atomic E-state index is 9.81. The number of rotatable bonds is 5. The maximum atomic E-state index is 9.81. The number of aromatic nitrogens is 2. The fourth-order valence-corrected chi connectivity index (χ4v) is 3.43. The van der Waals surface area contributed by atoms with Crippen LogP contribution in [0.5, 0.6) is 0 Å². The first-order valence-corrected chi connectivity index (χ1v) is 8.58. The zero-order chi connectivity index (χ0) is 16.2. The van der Waals surface area contributed by atoms with Gasteiger partial charge < -0.3 is 5.32 Å². The predicted molar refractivity (Wildman–Crippen MR) is 94.2 cm³/mol. The van der Waals surface area contributed by atoms with Crippen molar-refractivity contribution in [1.82, 2.24) is 4.98 Å². The van der Waals surface area contributed by atoms with Gasteiger partial charge in [0.15, 0.2) is 5.13 Å². The normalized spacial score (nSPS) is 10.7. The van der Waals surface area contributed by atoms with Gasteiger partial charge in [0, 0.05) is 39.7 Å². The minimum absolute atomic E-state index is 0.647. The summed E-state index contributed by atoms with van der Waals surface area (Å²) in [5, 5.41) is 14.6. The lowest BCUT2D eigenvalue weighted by atomic mass is 10.0. The first-order chi connectivity index (χ1) is 11.2. The highest BCUT2D eigenvalue weighted by molar-refractivity contribution is 7.18. The van der Waals surface area contributed by atoms with E-state index in [-0.39, 0.29) is 0 Å². The molecule has 0 saturated heterocycles. The molecule has 0 aliphatic rings. The van der Waals surface area contributed by atoms with Crippen molar-refractivity contribution in [3.05, 3.63) is 53.9 Å². The van der Waals surface area contributed by atoms with E-state index in [1.54, 1.807) is 23.7 Å². The number of pyridine rings is 1. The number of hydrogen-bond acceptors (Lipinski definition) is 4. The third kappa shape index (κ3) is 3.46. The smallest absolute Gasteiger partial charge is 0.230 e. The Kier molecular flexibility index (Phi) is 4.79. The van der Waals surface area contributed by atoms with Crippen LogP contribution in [0, 0.1) is 0 Å². The number of benzene rings is 1. The van der Waals surface area contributed by atoms with E-state index in [0.717, 1.165) is 44.4 Å². The minimum atomic E-state index is 0.647. The maximum Gasteiger partial charge on any atom is 0.230 e. The Hall–Kier alpha value is -2.11. The molecular weight excluding hydrogens is 330 g/mol. The number of nitrogens with zero attached hydrogens (tertiary/aromatic N) is 2. The van der Waals surface area contributed by atoms with Crippen molar-refractivity contribution in [3.8, 4) is 21.6 Å². The Morgan fingerprint density at radius 1 is 1.22 bits per heavy atom. The summed E-state index contributed by atoms with van der Waals surface area (Å²) in [6.45, 7) is 3.02. The molecule has 1 aromatic carbocycles. The molecule has 6 heteroatoms. The minimum Gasteiger partial charge on any atom is -0.362 e. The molecule has 0 bridgehead atoms. The Morgan fingerprint density at radius 2 is 2.04 bits per heavy atom. The van der Waals surface area contributed by atoms with Crippen molar-refractivity contribution < 1.29 is 9.94 Å². The lowest BCUT2D eigenvalue weighted by Crippen LogP contribution is -2.28. The van der Waals surface area contributed by atoms with Crippen molar-refractivity contribution in [2.24, 2.45) is 0 Å². The van der Waals surface area contributed by atoms with E-state index in [0.29, 0.717) is 5.02 Å². The van der Waals surface area contributed by atoms with Crippen LogP contribution in [0.1, 0.15) is 13.3 Å². The molecule has 0 saturated carbocycles. The summed E-state index contributed by atoms with van der Waals surface area (Å²) in [5.74, 6) is 0. The molecule has 0 fully saturated rings. The Morgan fingerprint density at radius 3 is 2.83 bits per heavy atom. The molecule has 4 nitrogen and oxygen atoms in total. The number of nitrogens with one attached hydrogen (secondary N) is 1. The number of thiazole rings is 1. The molecule has 0 radical (unpaired) electrons. The highest BCUT2D eigenvalue weighted by Gasteiger charge is 2.17. The first kappa shape index (κ1) is 15.8. The molecule has 0 aliphatic heterocycles. The largest absolute Gasteiger partial charge is 0.362 e. The molecule has 118 valence electrons. The predicted octanol–water partition coefficient (Wildman–Crippen LogP) is 4.48. The summed E-state index contributed by atoms with van der Waals surface area (Å²) in [6, 6.07) is 9.48. The molecular formula is C17H17ClN3OS+. The molecule has 2 N–H and O–H groups in total. The molecule has 0 aliphatic carbocycles. The van der Waals surface area contributed by atoms with Gasteiger partial charge in [-0.15, -0.1) is 0 Å². The van der Waals surface area contributed by atoms with Gasteiger partial charge >= 0.3 is 0 Å². The van der Waals surface area contributed by atoms with Crippen molar-refractivity contribution in [3.63, 3.8) is 0 Å². The standard InChI is InChI=1S/C17H16ClN3OS/c1-2-8-19-17-20-10-16(23-17)13-7-9-21(22)11-14(13)12-5-3-4-6-15(12)18/h3-7,9-11,22H,2,8H2,1H3/p+1. The average Bonchev–Trinajstić information content (AvgIpc) is 3.02. The summed E-state index contributed by atoms with van der Waals surface area (Å²) in [6.07, 6.45) is 6.17. The third-order valence-corrected chi connectivity index (χ3v) is 4.72. The molecule has 23 heavy (non-hydrogen) atoms. The second kappa shape index (κ2) is 6.98. The molecule has 0 unspecified atom stereocenters. The fraction of sp³-hybridized carbons (Fsp3) is 0.176. The molecule has 0 atom stereocenters. The number of hydrogen-bond donors (Lipinski definition) is 2. The lowest BCUT2D eigenvalue weighted by Gasteiger charge is -2.07. The Balaban J connectivity index is 2.06. The average molecular weight is 347 g/mol. The van der Waals surface area contributed by atoms with Gasteiger partial charge in [-0.3, -0.25) is 5.21 Å². The summed E-state index contributed by atoms with van der Waals surface area (Å²) >= 11 is 7.92. The molecule has 0 spiro atoms. The highest BCUT2D eigenvalue weighted by Crippen LogP contribution is 2.38. The number of anilines is 1. The zero-order valence-electron chi connectivity index (χ0n) is 12.7. The van der Waals surface area contributed by atoms with Crippen molar-refractivity contribution in [2.45, 2.75) is 13.3 Å². The summed E-state index contributed by atoms with van der Waals surface area (Å²) < 4.78 is 1.04. The van der Waals surface area contributed by atoms with Gasteiger partial charge in [0.1, 0.15) is 0 Å². The van der Waals surface area contributed by atoms with E-state index in [4.69, 9.17) is 11.6 Å². The van der Waals surface area contributed by atoms with Crippen LogP contribution in [0.3, 0.4) is 0 Å². The van der Waals surface area contributed by atoms with Gasteiger partial charge in [-0.2, -0.15) is 0 Å². The quantitative estimate of drug-likeness (QED) is 0.529. The fourth-order valence-electron chi connectivity index (χ4n) is 2.31. The molecule has 2 aromatic heterocycles. The van der Waals surface area contributed by atoms with Crippen LogP contribution in [0.25, 0.3) is 21.6 Å². The van der Waals surface area contributed by atoms with Crippen LogP contribution in [0.15, 0.2) is 48.9 Å². The zero-order valence-corrected chi connectivity index (χ0v) is 14.2. The van der Waals surface area contributed by atoms with Crippen LogP contribution in [-0.4, -0.2) is 16.7 Å². The van der Waals surface area contributed by atoms with E-state index >= 15 is 0 Å². The SMILES string of the molecule is CCCNc1ncc(-c2cc[n+](O)cc2-c2ccccc2Cl)s1. The molecule has 2 heterocycles. The first-order valence-electron chi connectivity index (χ1n) is 7.38. The molecule has 0 amide bonds. The van der Waals surface area contributed by atoms with E-state index in [1.165, 1.54) is 0 Å². The van der Waals surface area contributed by atoms with Gasteiger partial charge in [-0.25, -0.2) is 4.98 Å². The third-order valence-electron chi connectivity index (χ3n) is 3.41. The van der Waals surface area contributed by atoms with E-state index in [9.17, 15) is 5.21 Å². The van der Waals surface area contributed by atoms with Crippen LogP contribution >= 0.6 is 22.9 Å². The van der Waals surface area contributed by atoms with Gasteiger partial charge in [0.25, 0.3) is 0 Å². The van der Waals surface area contributed by atoms with E-state index in [2.05, 4.69) is 17.2 Å². The van der Waals surface area contributed by atoms with Gasteiger partial charge in [-0.1, -0.05) is 48.1 Å². The summed E-state index contributed by atoms with van der Waals surface area (Å²) in [4.78, 5) is 5.44. The lowest BCUT2D eigenvalue weighted by molar-refractivity contribution is -0.904. The van der Waals surface area contributed by atoms with Gasteiger partial charge in [0.2, 0.25) is 12.4 Å². The second-order valence-electron chi connectivity index (χ2n) is 5.09. The van der Waals surface area contributed by atoms with Gasteiger partial charge in [-0.05, 0) is 12.5 Å². The Labute approximate surface area is 144 Å². The van der Waals surface area contributed by atoms with Crippen molar-refractivity contribution in [1.29, 1.82) is 0 Å². The molecule has 3 rings (SSSR count). The second-order valence-corrected chi connectivity index (χ2v) is 6.53. The van der Waals surface area contributed by atoms with Crippen molar-refractivity contribution in [2.75, 3.05) is 11.9 Å². The molecule has 3 aromatic rings. The van der Waals surface area contributed by atoms with E-state index < -0.39 is 0 Å². The Bertz CT molecular complexity index is 819. The van der Waals surface area contributed by atoms with Crippen LogP contribution < -0.4 is 10.0 Å².